The third-order valence-corrected chi connectivity index (χ3v) is 4.10. The van der Waals surface area contributed by atoms with E-state index in [2.05, 4.69) is 35.2 Å². The SMILES string of the molecule is O=Cc1ccc(OC2CCN(Cc3ccccc3)CC2)cc1. The van der Waals surface area contributed by atoms with E-state index in [1.807, 2.05) is 12.1 Å². The number of aldehydes is 1. The van der Waals surface area contributed by atoms with Crippen LogP contribution >= 0.6 is 0 Å². The first-order valence-corrected chi connectivity index (χ1v) is 7.81. The molecule has 1 aliphatic heterocycles. The summed E-state index contributed by atoms with van der Waals surface area (Å²) >= 11 is 0. The summed E-state index contributed by atoms with van der Waals surface area (Å²) in [4.78, 5) is 13.1. The maximum absolute atomic E-state index is 10.6. The molecular formula is C19H21NO2. The first-order chi connectivity index (χ1) is 10.8. The van der Waals surface area contributed by atoms with Gasteiger partial charge in [0.05, 0.1) is 0 Å². The van der Waals surface area contributed by atoms with Gasteiger partial charge >= 0.3 is 0 Å². The van der Waals surface area contributed by atoms with Crippen LogP contribution in [-0.2, 0) is 6.54 Å². The third kappa shape index (κ3) is 3.95. The van der Waals surface area contributed by atoms with Crippen molar-refractivity contribution in [1.29, 1.82) is 0 Å². The highest BCUT2D eigenvalue weighted by molar-refractivity contribution is 5.74. The van der Waals surface area contributed by atoms with Crippen molar-refractivity contribution >= 4 is 6.29 Å². The van der Waals surface area contributed by atoms with E-state index < -0.39 is 0 Å². The van der Waals surface area contributed by atoms with Gasteiger partial charge in [0.1, 0.15) is 18.1 Å². The topological polar surface area (TPSA) is 29.5 Å². The van der Waals surface area contributed by atoms with Crippen molar-refractivity contribution in [3.05, 3.63) is 65.7 Å². The normalized spacial score (nSPS) is 16.4. The molecule has 3 rings (SSSR count). The Morgan fingerprint density at radius 1 is 1.00 bits per heavy atom. The lowest BCUT2D eigenvalue weighted by Crippen LogP contribution is -2.37. The van der Waals surface area contributed by atoms with Crippen LogP contribution in [0.15, 0.2) is 54.6 Å². The predicted octanol–water partition coefficient (Wildman–Crippen LogP) is 3.54. The molecule has 0 radical (unpaired) electrons. The summed E-state index contributed by atoms with van der Waals surface area (Å²) in [6.07, 6.45) is 3.21. The molecule has 1 saturated heterocycles. The number of nitrogens with zero attached hydrogens (tertiary/aromatic N) is 1. The minimum absolute atomic E-state index is 0.272. The zero-order valence-electron chi connectivity index (χ0n) is 12.7. The summed E-state index contributed by atoms with van der Waals surface area (Å²) in [5.41, 5.74) is 2.05. The van der Waals surface area contributed by atoms with E-state index in [-0.39, 0.29) is 6.10 Å². The second-order valence-corrected chi connectivity index (χ2v) is 5.77. The molecule has 0 N–H and O–H groups in total. The molecule has 0 amide bonds. The molecule has 3 nitrogen and oxygen atoms in total. The van der Waals surface area contributed by atoms with Gasteiger partial charge in [-0.05, 0) is 42.7 Å². The number of piperidine rings is 1. The second kappa shape index (κ2) is 7.23. The number of likely N-dealkylation sites (tertiary alicyclic amines) is 1. The zero-order valence-corrected chi connectivity index (χ0v) is 12.7. The molecular weight excluding hydrogens is 274 g/mol. The Labute approximate surface area is 131 Å². The standard InChI is InChI=1S/C19H21NO2/c21-15-17-6-8-18(9-7-17)22-19-10-12-20(13-11-19)14-16-4-2-1-3-5-16/h1-9,15,19H,10-14H2. The molecule has 1 heterocycles. The summed E-state index contributed by atoms with van der Waals surface area (Å²) in [5, 5.41) is 0. The molecule has 2 aromatic rings. The zero-order chi connectivity index (χ0) is 15.2. The molecule has 0 aliphatic carbocycles. The molecule has 0 bridgehead atoms. The molecule has 0 aromatic heterocycles. The number of ether oxygens (including phenoxy) is 1. The quantitative estimate of drug-likeness (QED) is 0.790. The Morgan fingerprint density at radius 2 is 1.68 bits per heavy atom. The van der Waals surface area contributed by atoms with Crippen LogP contribution in [0.1, 0.15) is 28.8 Å². The van der Waals surface area contributed by atoms with Crippen molar-refractivity contribution in [3.8, 4) is 5.75 Å². The lowest BCUT2D eigenvalue weighted by Gasteiger charge is -2.32. The molecule has 22 heavy (non-hydrogen) atoms. The van der Waals surface area contributed by atoms with Crippen molar-refractivity contribution < 1.29 is 9.53 Å². The van der Waals surface area contributed by atoms with Gasteiger partial charge in [-0.15, -0.1) is 0 Å². The lowest BCUT2D eigenvalue weighted by molar-refractivity contribution is 0.0968. The highest BCUT2D eigenvalue weighted by Crippen LogP contribution is 2.20. The van der Waals surface area contributed by atoms with E-state index in [4.69, 9.17) is 4.74 Å². The molecule has 1 aliphatic rings. The fourth-order valence-corrected chi connectivity index (χ4v) is 2.84. The van der Waals surface area contributed by atoms with E-state index >= 15 is 0 Å². The van der Waals surface area contributed by atoms with Crippen LogP contribution in [0.5, 0.6) is 5.75 Å². The molecule has 1 fully saturated rings. The largest absolute Gasteiger partial charge is 0.490 e. The van der Waals surface area contributed by atoms with Crippen LogP contribution in [0.3, 0.4) is 0 Å². The van der Waals surface area contributed by atoms with Gasteiger partial charge in [-0.2, -0.15) is 0 Å². The summed E-state index contributed by atoms with van der Waals surface area (Å²) in [6.45, 7) is 3.14. The number of carbonyl (C=O) groups is 1. The van der Waals surface area contributed by atoms with Crippen LogP contribution in [0, 0.1) is 0 Å². The van der Waals surface area contributed by atoms with Crippen LogP contribution in [0.2, 0.25) is 0 Å². The van der Waals surface area contributed by atoms with Gasteiger partial charge in [-0.3, -0.25) is 9.69 Å². The van der Waals surface area contributed by atoms with Gasteiger partial charge in [-0.1, -0.05) is 30.3 Å². The molecule has 2 aromatic carbocycles. The minimum atomic E-state index is 0.272. The maximum Gasteiger partial charge on any atom is 0.150 e. The lowest BCUT2D eigenvalue weighted by atomic mass is 10.1. The van der Waals surface area contributed by atoms with Crippen LogP contribution < -0.4 is 4.74 Å². The Kier molecular flexibility index (Phi) is 4.86. The smallest absolute Gasteiger partial charge is 0.150 e. The molecule has 114 valence electrons. The van der Waals surface area contributed by atoms with Crippen molar-refractivity contribution in [2.75, 3.05) is 13.1 Å². The number of hydrogen-bond donors (Lipinski definition) is 0. The third-order valence-electron chi connectivity index (χ3n) is 4.10. The highest BCUT2D eigenvalue weighted by Gasteiger charge is 2.20. The van der Waals surface area contributed by atoms with Crippen molar-refractivity contribution in [2.24, 2.45) is 0 Å². The average molecular weight is 295 g/mol. The molecule has 3 heteroatoms. The maximum atomic E-state index is 10.6. The van der Waals surface area contributed by atoms with Crippen molar-refractivity contribution in [3.63, 3.8) is 0 Å². The van der Waals surface area contributed by atoms with Crippen molar-refractivity contribution in [1.82, 2.24) is 4.90 Å². The molecule has 0 spiro atoms. The van der Waals surface area contributed by atoms with E-state index in [1.165, 1.54) is 5.56 Å². The summed E-state index contributed by atoms with van der Waals surface area (Å²) < 4.78 is 6.01. The minimum Gasteiger partial charge on any atom is -0.490 e. The Hall–Kier alpha value is -2.13. The van der Waals surface area contributed by atoms with Crippen molar-refractivity contribution in [2.45, 2.75) is 25.5 Å². The first-order valence-electron chi connectivity index (χ1n) is 7.81. The Bertz CT molecular complexity index is 587. The average Bonchev–Trinajstić information content (AvgIpc) is 2.58. The van der Waals surface area contributed by atoms with Gasteiger partial charge in [0.25, 0.3) is 0 Å². The van der Waals surface area contributed by atoms with Gasteiger partial charge in [-0.25, -0.2) is 0 Å². The second-order valence-electron chi connectivity index (χ2n) is 5.77. The number of hydrogen-bond acceptors (Lipinski definition) is 3. The number of benzene rings is 2. The fourth-order valence-electron chi connectivity index (χ4n) is 2.84. The van der Waals surface area contributed by atoms with E-state index in [0.717, 1.165) is 44.5 Å². The van der Waals surface area contributed by atoms with Gasteiger partial charge in [0.15, 0.2) is 0 Å². The van der Waals surface area contributed by atoms with E-state index in [0.29, 0.717) is 5.56 Å². The van der Waals surface area contributed by atoms with Gasteiger partial charge in [0, 0.05) is 25.2 Å². The predicted molar refractivity (Wildman–Crippen MR) is 87.2 cm³/mol. The molecule has 0 saturated carbocycles. The first kappa shape index (κ1) is 14.8. The summed E-state index contributed by atoms with van der Waals surface area (Å²) in [6, 6.07) is 17.9. The van der Waals surface area contributed by atoms with E-state index in [9.17, 15) is 4.79 Å². The van der Waals surface area contributed by atoms with Crippen LogP contribution in [0.4, 0.5) is 0 Å². The number of carbonyl (C=O) groups excluding carboxylic acids is 1. The highest BCUT2D eigenvalue weighted by atomic mass is 16.5. The summed E-state index contributed by atoms with van der Waals surface area (Å²) in [7, 11) is 0. The summed E-state index contributed by atoms with van der Waals surface area (Å²) in [5.74, 6) is 0.854. The van der Waals surface area contributed by atoms with Crippen LogP contribution in [-0.4, -0.2) is 30.4 Å². The van der Waals surface area contributed by atoms with Gasteiger partial charge in [0.2, 0.25) is 0 Å². The molecule has 0 unspecified atom stereocenters. The Morgan fingerprint density at radius 3 is 2.32 bits per heavy atom. The Balaban J connectivity index is 1.48. The molecule has 0 atom stereocenters. The van der Waals surface area contributed by atoms with Gasteiger partial charge < -0.3 is 4.74 Å². The fraction of sp³-hybridized carbons (Fsp3) is 0.316. The van der Waals surface area contributed by atoms with E-state index in [1.54, 1.807) is 12.1 Å². The monoisotopic (exact) mass is 295 g/mol. The van der Waals surface area contributed by atoms with Crippen LogP contribution in [0.25, 0.3) is 0 Å². The number of rotatable bonds is 5.